The Labute approximate surface area is 186 Å². The number of ether oxygens (including phenoxy) is 1. The van der Waals surface area contributed by atoms with Crippen LogP contribution in [0, 0.1) is 6.92 Å². The molecule has 1 aromatic rings. The SMILES string of the molecule is CC[C@@H](CCCCNSc1ccc(C)cc1)N1C2=CCCC=C2OC2C=CC=CC21. The molecule has 0 aromatic heterocycles. The molecule has 1 saturated heterocycles. The van der Waals surface area contributed by atoms with Crippen molar-refractivity contribution in [2.24, 2.45) is 0 Å². The second kappa shape index (κ2) is 10.4. The largest absolute Gasteiger partial charge is 0.482 e. The third-order valence-electron chi connectivity index (χ3n) is 6.15. The lowest BCUT2D eigenvalue weighted by molar-refractivity contribution is 0.0200. The van der Waals surface area contributed by atoms with Gasteiger partial charge in [-0.05, 0) is 75.3 Å². The summed E-state index contributed by atoms with van der Waals surface area (Å²) in [6, 6.07) is 9.58. The molecular formula is C26H34N2OS. The van der Waals surface area contributed by atoms with Crippen LogP contribution in [0.3, 0.4) is 0 Å². The average Bonchev–Trinajstić information content (AvgIpc) is 2.79. The van der Waals surface area contributed by atoms with Gasteiger partial charge in [-0.3, -0.25) is 4.72 Å². The van der Waals surface area contributed by atoms with E-state index in [4.69, 9.17) is 4.74 Å². The summed E-state index contributed by atoms with van der Waals surface area (Å²) in [5.41, 5.74) is 2.63. The van der Waals surface area contributed by atoms with Crippen molar-refractivity contribution < 1.29 is 4.74 Å². The van der Waals surface area contributed by atoms with Crippen LogP contribution in [-0.4, -0.2) is 29.6 Å². The number of rotatable bonds is 9. The zero-order valence-corrected chi connectivity index (χ0v) is 19.0. The molecule has 3 aliphatic rings. The van der Waals surface area contributed by atoms with E-state index in [0.717, 1.165) is 31.6 Å². The molecule has 2 unspecified atom stereocenters. The van der Waals surface area contributed by atoms with Crippen molar-refractivity contribution in [2.45, 2.75) is 75.5 Å². The number of nitrogens with one attached hydrogen (secondary N) is 1. The van der Waals surface area contributed by atoms with E-state index < -0.39 is 0 Å². The highest BCUT2D eigenvalue weighted by Crippen LogP contribution is 2.38. The Bertz CT molecular complexity index is 824. The van der Waals surface area contributed by atoms with Crippen LogP contribution in [0.25, 0.3) is 0 Å². The summed E-state index contributed by atoms with van der Waals surface area (Å²) in [5, 5.41) is 0. The van der Waals surface area contributed by atoms with Gasteiger partial charge in [0.2, 0.25) is 0 Å². The highest BCUT2D eigenvalue weighted by Gasteiger charge is 2.39. The Morgan fingerprint density at radius 1 is 1.10 bits per heavy atom. The number of unbranched alkanes of at least 4 members (excludes halogenated alkanes) is 1. The molecule has 4 rings (SSSR count). The van der Waals surface area contributed by atoms with Gasteiger partial charge in [0.15, 0.2) is 0 Å². The van der Waals surface area contributed by atoms with Gasteiger partial charge in [0.25, 0.3) is 0 Å². The van der Waals surface area contributed by atoms with Crippen molar-refractivity contribution in [3.05, 3.63) is 77.7 Å². The second-order valence-corrected chi connectivity index (χ2v) is 9.32. The van der Waals surface area contributed by atoms with Crippen LogP contribution >= 0.6 is 11.9 Å². The van der Waals surface area contributed by atoms with Gasteiger partial charge in [-0.1, -0.05) is 55.3 Å². The molecule has 2 aliphatic carbocycles. The van der Waals surface area contributed by atoms with E-state index in [0.29, 0.717) is 12.1 Å². The quantitative estimate of drug-likeness (QED) is 0.373. The standard InChI is InChI=1S/C26H34N2OS/c1-3-21(10-8-9-19-27-30-22-17-15-20(2)16-18-22)28-23-11-4-6-13-25(23)29-26-14-7-5-12-24(26)28/h4,6,11-18,21,23,25,27H,3,5,7-10,19H2,1-2H3/t21-,23?,25?/m0/s1. The van der Waals surface area contributed by atoms with Crippen LogP contribution in [0.15, 0.2) is 77.1 Å². The zero-order valence-electron chi connectivity index (χ0n) is 18.2. The van der Waals surface area contributed by atoms with Crippen molar-refractivity contribution in [2.75, 3.05) is 6.54 Å². The summed E-state index contributed by atoms with van der Waals surface area (Å²) in [6.45, 7) is 5.50. The van der Waals surface area contributed by atoms with Gasteiger partial charge in [0, 0.05) is 17.5 Å². The van der Waals surface area contributed by atoms with Gasteiger partial charge in [0.1, 0.15) is 11.9 Å². The molecule has 160 valence electrons. The van der Waals surface area contributed by atoms with E-state index in [1.165, 1.54) is 35.4 Å². The fourth-order valence-corrected chi connectivity index (χ4v) is 5.21. The van der Waals surface area contributed by atoms with Crippen LogP contribution < -0.4 is 4.72 Å². The Kier molecular flexibility index (Phi) is 7.40. The molecule has 3 atom stereocenters. The highest BCUT2D eigenvalue weighted by atomic mass is 32.2. The zero-order chi connectivity index (χ0) is 20.8. The van der Waals surface area contributed by atoms with Crippen LogP contribution in [0.1, 0.15) is 51.0 Å². The molecule has 1 heterocycles. The third kappa shape index (κ3) is 5.04. The molecule has 0 bridgehead atoms. The fraction of sp³-hybridized carbons (Fsp3) is 0.462. The summed E-state index contributed by atoms with van der Waals surface area (Å²) in [5.74, 6) is 1.09. The van der Waals surface area contributed by atoms with E-state index in [1.807, 2.05) is 0 Å². The molecule has 1 aromatic carbocycles. The summed E-state index contributed by atoms with van der Waals surface area (Å²) < 4.78 is 9.85. The molecule has 1 aliphatic heterocycles. The Morgan fingerprint density at radius 2 is 1.90 bits per heavy atom. The summed E-state index contributed by atoms with van der Waals surface area (Å²) in [7, 11) is 0. The maximum atomic E-state index is 6.33. The van der Waals surface area contributed by atoms with Gasteiger partial charge >= 0.3 is 0 Å². The van der Waals surface area contributed by atoms with Crippen molar-refractivity contribution in [1.82, 2.24) is 9.62 Å². The van der Waals surface area contributed by atoms with Gasteiger partial charge in [0.05, 0.1) is 11.7 Å². The van der Waals surface area contributed by atoms with Crippen LogP contribution in [-0.2, 0) is 4.74 Å². The van der Waals surface area contributed by atoms with Crippen molar-refractivity contribution >= 4 is 11.9 Å². The summed E-state index contributed by atoms with van der Waals surface area (Å²) in [6.07, 6.45) is 20.7. The first kappa shape index (κ1) is 21.3. The number of nitrogens with zero attached hydrogens (tertiary/aromatic N) is 1. The van der Waals surface area contributed by atoms with Gasteiger partial charge in [-0.15, -0.1) is 0 Å². The fourth-order valence-electron chi connectivity index (χ4n) is 4.52. The summed E-state index contributed by atoms with van der Waals surface area (Å²) >= 11 is 1.74. The minimum absolute atomic E-state index is 0.137. The second-order valence-electron chi connectivity index (χ2n) is 8.35. The van der Waals surface area contributed by atoms with Crippen molar-refractivity contribution in [1.29, 1.82) is 0 Å². The molecule has 0 spiro atoms. The molecule has 30 heavy (non-hydrogen) atoms. The Morgan fingerprint density at radius 3 is 2.73 bits per heavy atom. The maximum absolute atomic E-state index is 6.33. The predicted octanol–water partition coefficient (Wildman–Crippen LogP) is 6.30. The first-order chi connectivity index (χ1) is 14.8. The minimum Gasteiger partial charge on any atom is -0.482 e. The van der Waals surface area contributed by atoms with Crippen LogP contribution in [0.2, 0.25) is 0 Å². The lowest BCUT2D eigenvalue weighted by Gasteiger charge is -2.48. The predicted molar refractivity (Wildman–Crippen MR) is 127 cm³/mol. The minimum atomic E-state index is 0.137. The smallest absolute Gasteiger partial charge is 0.141 e. The maximum Gasteiger partial charge on any atom is 0.141 e. The number of hydrogen-bond acceptors (Lipinski definition) is 4. The molecule has 4 heteroatoms. The van der Waals surface area contributed by atoms with Gasteiger partial charge < -0.3 is 9.64 Å². The van der Waals surface area contributed by atoms with E-state index in [-0.39, 0.29) is 6.10 Å². The average molecular weight is 423 g/mol. The highest BCUT2D eigenvalue weighted by molar-refractivity contribution is 7.97. The third-order valence-corrected chi connectivity index (χ3v) is 7.00. The van der Waals surface area contributed by atoms with Crippen molar-refractivity contribution in [3.8, 4) is 0 Å². The number of morpholine rings is 1. The number of allylic oxidation sites excluding steroid dienone is 4. The van der Waals surface area contributed by atoms with Gasteiger partial charge in [-0.2, -0.15) is 0 Å². The first-order valence-electron chi connectivity index (χ1n) is 11.4. The molecule has 0 amide bonds. The molecular weight excluding hydrogens is 388 g/mol. The topological polar surface area (TPSA) is 24.5 Å². The van der Waals surface area contributed by atoms with E-state index in [2.05, 4.69) is 84.2 Å². The number of aryl methyl sites for hydroxylation is 1. The van der Waals surface area contributed by atoms with E-state index in [9.17, 15) is 0 Å². The van der Waals surface area contributed by atoms with Crippen LogP contribution in [0.5, 0.6) is 0 Å². The number of benzene rings is 1. The molecule has 3 nitrogen and oxygen atoms in total. The number of fused-ring (bicyclic) bond motifs is 2. The monoisotopic (exact) mass is 422 g/mol. The van der Waals surface area contributed by atoms with E-state index in [1.54, 1.807) is 11.9 Å². The van der Waals surface area contributed by atoms with E-state index >= 15 is 0 Å². The first-order valence-corrected chi connectivity index (χ1v) is 12.2. The summed E-state index contributed by atoms with van der Waals surface area (Å²) in [4.78, 5) is 3.94. The van der Waals surface area contributed by atoms with Crippen LogP contribution in [0.4, 0.5) is 0 Å². The molecule has 0 saturated carbocycles. The Balaban J connectivity index is 1.30. The molecule has 1 N–H and O–H groups in total. The van der Waals surface area contributed by atoms with Crippen molar-refractivity contribution in [3.63, 3.8) is 0 Å². The Hall–Kier alpha value is -1.91. The lowest BCUT2D eigenvalue weighted by Crippen LogP contribution is -2.52. The molecule has 0 radical (unpaired) electrons. The lowest BCUT2D eigenvalue weighted by atomic mass is 9.93. The normalized spacial score (nSPS) is 23.2. The number of hydrogen-bond donors (Lipinski definition) is 1. The van der Waals surface area contributed by atoms with Gasteiger partial charge in [-0.25, -0.2) is 0 Å². The molecule has 1 fully saturated rings.